The van der Waals surface area contributed by atoms with Gasteiger partial charge >= 0.3 is 12.1 Å². The molecular formula is C13H17F3N2O3. The third kappa shape index (κ3) is 5.58. The molecule has 0 fully saturated rings. The number of methoxy groups -OCH3 is 2. The molecular weight excluding hydrogens is 289 g/mol. The van der Waals surface area contributed by atoms with E-state index in [1.165, 1.54) is 14.2 Å². The lowest BCUT2D eigenvalue weighted by atomic mass is 10.2. The van der Waals surface area contributed by atoms with E-state index in [9.17, 15) is 18.0 Å². The van der Waals surface area contributed by atoms with E-state index in [1.54, 1.807) is 4.90 Å². The van der Waals surface area contributed by atoms with Crippen molar-refractivity contribution in [3.8, 4) is 0 Å². The van der Waals surface area contributed by atoms with Crippen molar-refractivity contribution in [2.24, 2.45) is 0 Å². The predicted octanol–water partition coefficient (Wildman–Crippen LogP) is 2.12. The number of halogens is 3. The van der Waals surface area contributed by atoms with Gasteiger partial charge in [0.05, 0.1) is 25.7 Å². The topological polar surface area (TPSA) is 51.7 Å². The largest absolute Gasteiger partial charge is 0.469 e. The molecule has 1 aromatic rings. The number of hydrogen-bond donors (Lipinski definition) is 0. The van der Waals surface area contributed by atoms with Crippen molar-refractivity contribution in [2.75, 3.05) is 38.8 Å². The first-order valence-corrected chi connectivity index (χ1v) is 6.22. The molecule has 0 aromatic carbocycles. The molecule has 1 aromatic heterocycles. The van der Waals surface area contributed by atoms with E-state index in [4.69, 9.17) is 4.74 Å². The average molecular weight is 306 g/mol. The van der Waals surface area contributed by atoms with E-state index in [0.29, 0.717) is 13.2 Å². The van der Waals surface area contributed by atoms with Crippen LogP contribution in [0.3, 0.4) is 0 Å². The Bertz CT molecular complexity index is 466. The number of nitrogens with zero attached hydrogens (tertiary/aromatic N) is 2. The van der Waals surface area contributed by atoms with Crippen LogP contribution < -0.4 is 4.90 Å². The number of aromatic nitrogens is 1. The van der Waals surface area contributed by atoms with Crippen LogP contribution in [-0.4, -0.2) is 44.9 Å². The minimum Gasteiger partial charge on any atom is -0.469 e. The smallest absolute Gasteiger partial charge is 0.416 e. The maximum Gasteiger partial charge on any atom is 0.416 e. The fraction of sp³-hybridized carbons (Fsp3) is 0.538. The Hall–Kier alpha value is -1.83. The minimum absolute atomic E-state index is 0.0537. The van der Waals surface area contributed by atoms with Crippen molar-refractivity contribution in [3.63, 3.8) is 0 Å². The van der Waals surface area contributed by atoms with Crippen molar-refractivity contribution in [2.45, 2.75) is 12.6 Å². The fourth-order valence-corrected chi connectivity index (χ4v) is 1.64. The van der Waals surface area contributed by atoms with Crippen molar-refractivity contribution < 1.29 is 27.4 Å². The number of rotatable bonds is 7. The van der Waals surface area contributed by atoms with Gasteiger partial charge in [-0.2, -0.15) is 13.2 Å². The van der Waals surface area contributed by atoms with Crippen LogP contribution in [0.1, 0.15) is 12.0 Å². The van der Waals surface area contributed by atoms with Crippen molar-refractivity contribution >= 4 is 11.8 Å². The minimum atomic E-state index is -4.44. The number of carbonyl (C=O) groups excluding carboxylic acids is 1. The second-order valence-corrected chi connectivity index (χ2v) is 4.21. The average Bonchev–Trinajstić information content (AvgIpc) is 2.46. The molecule has 0 N–H and O–H groups in total. The third-order valence-corrected chi connectivity index (χ3v) is 2.78. The Morgan fingerprint density at radius 2 is 2.05 bits per heavy atom. The van der Waals surface area contributed by atoms with E-state index in [2.05, 4.69) is 9.72 Å². The number of anilines is 1. The summed E-state index contributed by atoms with van der Waals surface area (Å²) in [6.45, 7) is 0.825. The summed E-state index contributed by atoms with van der Waals surface area (Å²) in [5, 5.41) is 0. The maximum absolute atomic E-state index is 12.7. The van der Waals surface area contributed by atoms with Gasteiger partial charge in [0.25, 0.3) is 0 Å². The molecule has 0 spiro atoms. The van der Waals surface area contributed by atoms with Crippen LogP contribution >= 0.6 is 0 Å². The number of alkyl halides is 3. The highest BCUT2D eigenvalue weighted by molar-refractivity contribution is 5.69. The molecule has 0 bridgehead atoms. The Kier molecular flexibility index (Phi) is 6.41. The van der Waals surface area contributed by atoms with Gasteiger partial charge in [0.1, 0.15) is 5.82 Å². The molecule has 0 aliphatic heterocycles. The van der Waals surface area contributed by atoms with Crippen LogP contribution in [0.25, 0.3) is 0 Å². The first-order valence-electron chi connectivity index (χ1n) is 6.22. The summed E-state index contributed by atoms with van der Waals surface area (Å²) in [6.07, 6.45) is -3.29. The Labute approximate surface area is 120 Å². The summed E-state index contributed by atoms with van der Waals surface area (Å²) < 4.78 is 47.6. The van der Waals surface area contributed by atoms with Gasteiger partial charge < -0.3 is 14.4 Å². The Balaban J connectivity index is 2.89. The molecule has 8 heteroatoms. The summed E-state index contributed by atoms with van der Waals surface area (Å²) in [7, 11) is 2.74. The number of pyridine rings is 1. The Morgan fingerprint density at radius 3 is 2.62 bits per heavy atom. The molecule has 21 heavy (non-hydrogen) atoms. The highest BCUT2D eigenvalue weighted by Crippen LogP contribution is 2.30. The van der Waals surface area contributed by atoms with E-state index in [-0.39, 0.29) is 18.8 Å². The van der Waals surface area contributed by atoms with Crippen molar-refractivity contribution in [1.82, 2.24) is 4.98 Å². The van der Waals surface area contributed by atoms with E-state index >= 15 is 0 Å². The van der Waals surface area contributed by atoms with Gasteiger partial charge in [0, 0.05) is 26.4 Å². The summed E-state index contributed by atoms with van der Waals surface area (Å²) in [6, 6.07) is 1.85. The van der Waals surface area contributed by atoms with Crippen molar-refractivity contribution in [3.05, 3.63) is 23.9 Å². The monoisotopic (exact) mass is 306 g/mol. The van der Waals surface area contributed by atoms with E-state index in [1.807, 2.05) is 0 Å². The lowest BCUT2D eigenvalue weighted by Crippen LogP contribution is -2.31. The number of hydrogen-bond acceptors (Lipinski definition) is 5. The first kappa shape index (κ1) is 17.2. The van der Waals surface area contributed by atoms with Crippen LogP contribution in [0.15, 0.2) is 18.3 Å². The van der Waals surface area contributed by atoms with Gasteiger partial charge in [-0.05, 0) is 12.1 Å². The molecule has 0 saturated carbocycles. The molecule has 0 aliphatic carbocycles. The lowest BCUT2D eigenvalue weighted by molar-refractivity contribution is -0.140. The van der Waals surface area contributed by atoms with E-state index < -0.39 is 17.7 Å². The predicted molar refractivity (Wildman–Crippen MR) is 70.0 cm³/mol. The lowest BCUT2D eigenvalue weighted by Gasteiger charge is -2.23. The maximum atomic E-state index is 12.7. The fourth-order valence-electron chi connectivity index (χ4n) is 1.64. The first-order chi connectivity index (χ1) is 9.88. The SMILES string of the molecule is COCCN(CCC(=O)OC)c1cc(C(F)(F)F)ccn1. The number of carbonyl (C=O) groups is 1. The van der Waals surface area contributed by atoms with Gasteiger partial charge in [0.2, 0.25) is 0 Å². The molecule has 0 saturated heterocycles. The summed E-state index contributed by atoms with van der Waals surface area (Å²) in [5.41, 5.74) is -0.784. The summed E-state index contributed by atoms with van der Waals surface area (Å²) >= 11 is 0. The highest BCUT2D eigenvalue weighted by atomic mass is 19.4. The number of esters is 1. The molecule has 118 valence electrons. The van der Waals surface area contributed by atoms with Gasteiger partial charge in [-0.25, -0.2) is 4.98 Å². The third-order valence-electron chi connectivity index (χ3n) is 2.78. The Morgan fingerprint density at radius 1 is 1.33 bits per heavy atom. The summed E-state index contributed by atoms with van der Waals surface area (Å²) in [4.78, 5) is 16.6. The molecule has 0 radical (unpaired) electrons. The number of ether oxygens (including phenoxy) is 2. The van der Waals surface area contributed by atoms with Crippen LogP contribution in [0.5, 0.6) is 0 Å². The van der Waals surface area contributed by atoms with Gasteiger partial charge in [-0.1, -0.05) is 0 Å². The quantitative estimate of drug-likeness (QED) is 0.722. The second kappa shape index (κ2) is 7.82. The van der Waals surface area contributed by atoms with E-state index in [0.717, 1.165) is 18.3 Å². The molecule has 5 nitrogen and oxygen atoms in total. The molecule has 0 aliphatic rings. The standard InChI is InChI=1S/C13H17F3N2O3/c1-20-8-7-18(6-4-12(19)21-2)11-9-10(3-5-17-11)13(14,15)16/h3,5,9H,4,6-8H2,1-2H3. The molecule has 1 rings (SSSR count). The highest BCUT2D eigenvalue weighted by Gasteiger charge is 2.31. The van der Waals surface area contributed by atoms with Crippen LogP contribution in [-0.2, 0) is 20.4 Å². The van der Waals surface area contributed by atoms with Crippen LogP contribution in [0, 0.1) is 0 Å². The molecule has 1 heterocycles. The van der Waals surface area contributed by atoms with Gasteiger partial charge in [0.15, 0.2) is 0 Å². The van der Waals surface area contributed by atoms with Gasteiger partial charge in [-0.3, -0.25) is 4.79 Å². The normalized spacial score (nSPS) is 11.3. The van der Waals surface area contributed by atoms with Crippen LogP contribution in [0.4, 0.5) is 19.0 Å². The zero-order valence-corrected chi connectivity index (χ0v) is 11.8. The zero-order valence-electron chi connectivity index (χ0n) is 11.8. The zero-order chi connectivity index (χ0) is 15.9. The second-order valence-electron chi connectivity index (χ2n) is 4.21. The molecule has 0 unspecified atom stereocenters. The summed E-state index contributed by atoms with van der Waals surface area (Å²) in [5.74, 6) is -0.296. The molecule has 0 amide bonds. The van der Waals surface area contributed by atoms with Crippen molar-refractivity contribution in [1.29, 1.82) is 0 Å². The van der Waals surface area contributed by atoms with Gasteiger partial charge in [-0.15, -0.1) is 0 Å². The molecule has 0 atom stereocenters. The van der Waals surface area contributed by atoms with Crippen LogP contribution in [0.2, 0.25) is 0 Å².